The van der Waals surface area contributed by atoms with Crippen molar-refractivity contribution >= 4 is 0 Å². The van der Waals surface area contributed by atoms with Gasteiger partial charge in [-0.1, -0.05) is 6.08 Å². The zero-order valence-electron chi connectivity index (χ0n) is 10.7. The van der Waals surface area contributed by atoms with E-state index in [9.17, 15) is 0 Å². The Morgan fingerprint density at radius 2 is 1.56 bits per heavy atom. The topological polar surface area (TPSA) is 12.0 Å². The molecule has 0 aliphatic heterocycles. The summed E-state index contributed by atoms with van der Waals surface area (Å²) in [5, 5.41) is 3.54. The molecule has 4 bridgehead atoms. The van der Waals surface area contributed by atoms with E-state index in [4.69, 9.17) is 0 Å². The molecular weight excluding hydrogens is 194 g/mol. The monoisotopic (exact) mass is 219 g/mol. The highest BCUT2D eigenvalue weighted by Crippen LogP contribution is 2.59. The smallest absolute Gasteiger partial charge is 0.0364 e. The normalized spacial score (nSPS) is 49.0. The Kier molecular flexibility index (Phi) is 2.43. The van der Waals surface area contributed by atoms with E-state index in [-0.39, 0.29) is 5.54 Å². The molecule has 1 nitrogen and oxygen atoms in total. The maximum Gasteiger partial charge on any atom is 0.0364 e. The third-order valence-electron chi connectivity index (χ3n) is 5.88. The molecule has 4 aliphatic carbocycles. The molecular formula is C15H25N. The van der Waals surface area contributed by atoms with Crippen molar-refractivity contribution in [2.24, 2.45) is 29.6 Å². The van der Waals surface area contributed by atoms with Crippen LogP contribution < -0.4 is 5.32 Å². The van der Waals surface area contributed by atoms with Crippen molar-refractivity contribution in [3.05, 3.63) is 12.7 Å². The van der Waals surface area contributed by atoms with Crippen molar-refractivity contribution in [2.45, 2.75) is 44.6 Å². The lowest BCUT2D eigenvalue weighted by Gasteiger charge is -2.58. The largest absolute Gasteiger partial charge is 0.311 e. The van der Waals surface area contributed by atoms with Crippen molar-refractivity contribution in [1.82, 2.24) is 5.32 Å². The summed E-state index contributed by atoms with van der Waals surface area (Å²) in [7, 11) is 2.10. The van der Waals surface area contributed by atoms with E-state index in [0.29, 0.717) is 0 Å². The zero-order chi connectivity index (χ0) is 11.3. The average Bonchev–Trinajstić information content (AvgIpc) is 2.27. The maximum absolute atomic E-state index is 4.07. The fourth-order valence-corrected chi connectivity index (χ4v) is 5.31. The average molecular weight is 219 g/mol. The molecule has 0 aromatic rings. The van der Waals surface area contributed by atoms with Crippen LogP contribution in [-0.4, -0.2) is 12.6 Å². The zero-order valence-corrected chi connectivity index (χ0v) is 10.7. The molecule has 4 aliphatic rings. The first kappa shape index (κ1) is 10.8. The van der Waals surface area contributed by atoms with Crippen LogP contribution in [0, 0.1) is 29.6 Å². The molecule has 1 atom stereocenters. The van der Waals surface area contributed by atoms with Crippen molar-refractivity contribution in [3.8, 4) is 0 Å². The van der Waals surface area contributed by atoms with Crippen LogP contribution >= 0.6 is 0 Å². The van der Waals surface area contributed by atoms with Crippen LogP contribution in [-0.2, 0) is 0 Å². The Hall–Kier alpha value is -0.300. The van der Waals surface area contributed by atoms with Crippen LogP contribution in [0.4, 0.5) is 0 Å². The van der Waals surface area contributed by atoms with Gasteiger partial charge in [-0.25, -0.2) is 0 Å². The van der Waals surface area contributed by atoms with Gasteiger partial charge in [0, 0.05) is 5.54 Å². The maximum atomic E-state index is 4.07. The molecule has 1 heteroatoms. The van der Waals surface area contributed by atoms with Gasteiger partial charge in [0.1, 0.15) is 0 Å². The van der Waals surface area contributed by atoms with Crippen LogP contribution in [0.25, 0.3) is 0 Å². The molecule has 16 heavy (non-hydrogen) atoms. The van der Waals surface area contributed by atoms with Gasteiger partial charge in [-0.05, 0) is 75.7 Å². The minimum absolute atomic E-state index is 0.169. The first-order valence-electron chi connectivity index (χ1n) is 6.98. The van der Waals surface area contributed by atoms with Crippen molar-refractivity contribution < 1.29 is 0 Å². The fourth-order valence-electron chi connectivity index (χ4n) is 5.31. The summed E-state index contributed by atoms with van der Waals surface area (Å²) in [5.41, 5.74) is 0.169. The standard InChI is InChI=1S/C15H25N/c1-4-15(2,16-3)14-12-6-10-5-11(8-12)9-13(14)7-10/h4,10-14,16H,1,5-9H2,2-3H3. The van der Waals surface area contributed by atoms with Gasteiger partial charge in [0.25, 0.3) is 0 Å². The predicted octanol–water partition coefficient (Wildman–Crippen LogP) is 3.22. The third-order valence-corrected chi connectivity index (χ3v) is 5.88. The molecule has 0 aromatic heterocycles. The minimum atomic E-state index is 0.169. The highest BCUT2D eigenvalue weighted by molar-refractivity contribution is 5.12. The van der Waals surface area contributed by atoms with Gasteiger partial charge >= 0.3 is 0 Å². The molecule has 4 rings (SSSR count). The summed E-state index contributed by atoms with van der Waals surface area (Å²) in [6, 6.07) is 0. The van der Waals surface area contributed by atoms with Crippen molar-refractivity contribution in [2.75, 3.05) is 7.05 Å². The lowest BCUT2D eigenvalue weighted by Crippen LogP contribution is -2.57. The van der Waals surface area contributed by atoms with Gasteiger partial charge in [-0.15, -0.1) is 6.58 Å². The molecule has 0 amide bonds. The van der Waals surface area contributed by atoms with E-state index in [1.165, 1.54) is 25.7 Å². The summed E-state index contributed by atoms with van der Waals surface area (Å²) < 4.78 is 0. The number of hydrogen-bond acceptors (Lipinski definition) is 1. The van der Waals surface area contributed by atoms with Crippen LogP contribution in [0.1, 0.15) is 39.0 Å². The minimum Gasteiger partial charge on any atom is -0.311 e. The Balaban J connectivity index is 1.89. The van der Waals surface area contributed by atoms with Crippen molar-refractivity contribution in [1.29, 1.82) is 0 Å². The van der Waals surface area contributed by atoms with Gasteiger partial charge in [0.05, 0.1) is 0 Å². The molecule has 0 saturated heterocycles. The molecule has 4 saturated carbocycles. The van der Waals surface area contributed by atoms with E-state index in [1.54, 1.807) is 6.42 Å². The van der Waals surface area contributed by atoms with E-state index in [2.05, 4.69) is 31.9 Å². The number of rotatable bonds is 3. The van der Waals surface area contributed by atoms with Crippen molar-refractivity contribution in [3.63, 3.8) is 0 Å². The summed E-state index contributed by atoms with van der Waals surface area (Å²) in [6.45, 7) is 6.43. The third kappa shape index (κ3) is 1.40. The lowest BCUT2D eigenvalue weighted by molar-refractivity contribution is -0.0626. The van der Waals surface area contributed by atoms with Crippen LogP contribution in [0.15, 0.2) is 12.7 Å². The molecule has 1 unspecified atom stereocenters. The summed E-state index contributed by atoms with van der Waals surface area (Å²) in [6.07, 6.45) is 9.72. The van der Waals surface area contributed by atoms with Crippen LogP contribution in [0.3, 0.4) is 0 Å². The number of hydrogen-bond donors (Lipinski definition) is 1. The summed E-state index contributed by atoms with van der Waals surface area (Å²) in [4.78, 5) is 0. The quantitative estimate of drug-likeness (QED) is 0.719. The Morgan fingerprint density at radius 1 is 1.06 bits per heavy atom. The predicted molar refractivity (Wildman–Crippen MR) is 68.2 cm³/mol. The second-order valence-electron chi connectivity index (χ2n) is 6.69. The molecule has 90 valence electrons. The van der Waals surface area contributed by atoms with E-state index in [1.807, 2.05) is 0 Å². The van der Waals surface area contributed by atoms with Gasteiger partial charge in [0.15, 0.2) is 0 Å². The second kappa shape index (κ2) is 3.60. The summed E-state index contributed by atoms with van der Waals surface area (Å²) >= 11 is 0. The SMILES string of the molecule is C=CC(C)(NC)C1C2CC3CC(C2)CC1C3. The van der Waals surface area contributed by atoms with E-state index < -0.39 is 0 Å². The molecule has 0 radical (unpaired) electrons. The molecule has 0 heterocycles. The lowest BCUT2D eigenvalue weighted by atomic mass is 9.48. The number of likely N-dealkylation sites (N-methyl/N-ethyl adjacent to an activating group) is 1. The van der Waals surface area contributed by atoms with Gasteiger partial charge in [0.2, 0.25) is 0 Å². The summed E-state index contributed by atoms with van der Waals surface area (Å²) in [5.74, 6) is 4.95. The molecule has 0 aromatic carbocycles. The highest BCUT2D eigenvalue weighted by atomic mass is 14.9. The molecule has 1 N–H and O–H groups in total. The number of nitrogens with one attached hydrogen (secondary N) is 1. The van der Waals surface area contributed by atoms with E-state index in [0.717, 1.165) is 29.6 Å². The first-order valence-corrected chi connectivity index (χ1v) is 6.98. The Morgan fingerprint density at radius 3 is 1.94 bits per heavy atom. The van der Waals surface area contributed by atoms with E-state index >= 15 is 0 Å². The fraction of sp³-hybridized carbons (Fsp3) is 0.867. The highest BCUT2D eigenvalue weighted by Gasteiger charge is 2.52. The van der Waals surface area contributed by atoms with Gasteiger partial charge in [-0.3, -0.25) is 0 Å². The molecule has 4 fully saturated rings. The van der Waals surface area contributed by atoms with Gasteiger partial charge in [-0.2, -0.15) is 0 Å². The van der Waals surface area contributed by atoms with Gasteiger partial charge < -0.3 is 5.32 Å². The van der Waals surface area contributed by atoms with Crippen LogP contribution in [0.5, 0.6) is 0 Å². The first-order chi connectivity index (χ1) is 7.66. The Bertz CT molecular complexity index is 268. The molecule has 0 spiro atoms. The Labute approximate surface area is 99.7 Å². The van der Waals surface area contributed by atoms with Crippen LogP contribution in [0.2, 0.25) is 0 Å². The second-order valence-corrected chi connectivity index (χ2v) is 6.69.